The maximum absolute atomic E-state index is 13.2. The molecule has 0 aliphatic heterocycles. The number of rotatable bonds is 5. The number of nitrogens with one attached hydrogen (secondary N) is 1. The van der Waals surface area contributed by atoms with Crippen molar-refractivity contribution in [3.05, 3.63) is 98.6 Å². The second-order valence-electron chi connectivity index (χ2n) is 7.41. The summed E-state index contributed by atoms with van der Waals surface area (Å²) in [4.78, 5) is 47.0. The largest absolute Gasteiger partial charge is 0.332 e. The lowest BCUT2D eigenvalue weighted by molar-refractivity contribution is -0.116. The first-order valence-electron chi connectivity index (χ1n) is 9.78. The van der Waals surface area contributed by atoms with Crippen molar-refractivity contribution in [2.24, 2.45) is 0 Å². The van der Waals surface area contributed by atoms with Gasteiger partial charge in [0.15, 0.2) is 5.52 Å². The molecule has 3 aromatic heterocycles. The number of hydrogen-bond donors (Lipinski definition) is 1. The number of carbonyl (C=O) groups excluding carboxylic acids is 1. The van der Waals surface area contributed by atoms with E-state index >= 15 is 0 Å². The first kappa shape index (κ1) is 20.2. The Morgan fingerprint density at radius 1 is 0.968 bits per heavy atom. The van der Waals surface area contributed by atoms with E-state index in [4.69, 9.17) is 0 Å². The molecule has 8 nitrogen and oxygen atoms in total. The summed E-state index contributed by atoms with van der Waals surface area (Å²) in [5.41, 5.74) is 2.83. The molecule has 0 atom stereocenters. The lowest BCUT2D eigenvalue weighted by atomic mass is 10.1. The number of amides is 1. The topological polar surface area (TPSA) is 98.9 Å². The van der Waals surface area contributed by atoms with Crippen LogP contribution in [0.1, 0.15) is 16.7 Å². The summed E-state index contributed by atoms with van der Waals surface area (Å²) in [6.07, 6.45) is 4.68. The zero-order valence-electron chi connectivity index (χ0n) is 17.2. The number of anilines is 1. The summed E-state index contributed by atoms with van der Waals surface area (Å²) in [6, 6.07) is 12.4. The Balaban J connectivity index is 1.75. The predicted octanol–water partition coefficient (Wildman–Crippen LogP) is 2.26. The van der Waals surface area contributed by atoms with Crippen molar-refractivity contribution in [3.63, 3.8) is 0 Å². The molecule has 0 bridgehead atoms. The lowest BCUT2D eigenvalue weighted by Gasteiger charge is -2.14. The van der Waals surface area contributed by atoms with E-state index < -0.39 is 11.2 Å². The minimum atomic E-state index is -0.571. The van der Waals surface area contributed by atoms with Gasteiger partial charge in [0.1, 0.15) is 6.54 Å². The third kappa shape index (κ3) is 4.28. The number of fused-ring (bicyclic) bond motifs is 1. The highest BCUT2D eigenvalue weighted by Crippen LogP contribution is 2.14. The molecule has 4 aromatic rings. The summed E-state index contributed by atoms with van der Waals surface area (Å²) in [5.74, 6) is -0.369. The molecule has 0 unspecified atom stereocenters. The summed E-state index contributed by atoms with van der Waals surface area (Å²) < 4.78 is 2.37. The Morgan fingerprint density at radius 3 is 2.39 bits per heavy atom. The fourth-order valence-electron chi connectivity index (χ4n) is 3.60. The minimum Gasteiger partial charge on any atom is -0.325 e. The van der Waals surface area contributed by atoms with Gasteiger partial charge in [-0.3, -0.25) is 23.7 Å². The molecular formula is C23H21N5O3. The quantitative estimate of drug-likeness (QED) is 0.539. The predicted molar refractivity (Wildman–Crippen MR) is 118 cm³/mol. The summed E-state index contributed by atoms with van der Waals surface area (Å²) in [5, 5.41) is 2.83. The van der Waals surface area contributed by atoms with Crippen molar-refractivity contribution in [2.45, 2.75) is 26.9 Å². The van der Waals surface area contributed by atoms with Gasteiger partial charge in [0, 0.05) is 24.3 Å². The lowest BCUT2D eigenvalue weighted by Crippen LogP contribution is -2.42. The standard InChI is InChI=1S/C23H21N5O3/c1-15-10-16(2)12-18(11-15)26-20(29)14-27-19-4-3-7-25-21(19)22(30)28(23(27)31)13-17-5-8-24-9-6-17/h3-12H,13-14H2,1-2H3,(H,26,29). The van der Waals surface area contributed by atoms with Crippen molar-refractivity contribution in [3.8, 4) is 0 Å². The van der Waals surface area contributed by atoms with Gasteiger partial charge in [-0.2, -0.15) is 0 Å². The Morgan fingerprint density at radius 2 is 1.68 bits per heavy atom. The van der Waals surface area contributed by atoms with Gasteiger partial charge in [-0.25, -0.2) is 9.78 Å². The average molecular weight is 415 g/mol. The van der Waals surface area contributed by atoms with E-state index in [2.05, 4.69) is 15.3 Å². The fraction of sp³-hybridized carbons (Fsp3) is 0.174. The number of nitrogens with zero attached hydrogens (tertiary/aromatic N) is 4. The molecule has 3 heterocycles. The highest BCUT2D eigenvalue weighted by atomic mass is 16.2. The molecule has 0 aliphatic carbocycles. The van der Waals surface area contributed by atoms with Crippen LogP contribution in [0.25, 0.3) is 11.0 Å². The molecule has 31 heavy (non-hydrogen) atoms. The number of pyridine rings is 2. The third-order valence-electron chi connectivity index (χ3n) is 4.88. The Bertz CT molecular complexity index is 1370. The van der Waals surface area contributed by atoms with E-state index in [0.717, 1.165) is 21.3 Å². The Hall–Kier alpha value is -4.07. The first-order valence-corrected chi connectivity index (χ1v) is 9.78. The van der Waals surface area contributed by atoms with E-state index in [1.165, 1.54) is 10.8 Å². The summed E-state index contributed by atoms with van der Waals surface area (Å²) >= 11 is 0. The third-order valence-corrected chi connectivity index (χ3v) is 4.88. The minimum absolute atomic E-state index is 0.0609. The van der Waals surface area contributed by atoms with E-state index in [1.54, 1.807) is 36.7 Å². The van der Waals surface area contributed by atoms with Crippen LogP contribution >= 0.6 is 0 Å². The molecule has 1 N–H and O–H groups in total. The van der Waals surface area contributed by atoms with Gasteiger partial charge in [0.25, 0.3) is 5.56 Å². The van der Waals surface area contributed by atoms with Crippen molar-refractivity contribution < 1.29 is 4.79 Å². The smallest absolute Gasteiger partial charge is 0.325 e. The van der Waals surface area contributed by atoms with Crippen molar-refractivity contribution in [2.75, 3.05) is 5.32 Å². The van der Waals surface area contributed by atoms with Crippen LogP contribution < -0.4 is 16.6 Å². The van der Waals surface area contributed by atoms with Gasteiger partial charge < -0.3 is 5.32 Å². The SMILES string of the molecule is Cc1cc(C)cc(NC(=O)Cn2c(=O)n(Cc3ccncc3)c(=O)c3ncccc32)c1. The molecule has 0 saturated heterocycles. The van der Waals surface area contributed by atoms with E-state index in [0.29, 0.717) is 11.2 Å². The number of hydrogen-bond acceptors (Lipinski definition) is 5. The number of carbonyl (C=O) groups is 1. The second kappa shape index (κ2) is 8.35. The Labute approximate surface area is 177 Å². The van der Waals surface area contributed by atoms with Gasteiger partial charge in [-0.15, -0.1) is 0 Å². The van der Waals surface area contributed by atoms with Crippen LogP contribution in [0.2, 0.25) is 0 Å². The maximum Gasteiger partial charge on any atom is 0.332 e. The van der Waals surface area contributed by atoms with Gasteiger partial charge in [0.2, 0.25) is 5.91 Å². The van der Waals surface area contributed by atoms with Crippen molar-refractivity contribution >= 4 is 22.6 Å². The maximum atomic E-state index is 13.2. The monoisotopic (exact) mass is 415 g/mol. The molecular weight excluding hydrogens is 394 g/mol. The normalized spacial score (nSPS) is 10.9. The Kier molecular flexibility index (Phi) is 5.44. The molecule has 0 aliphatic rings. The average Bonchev–Trinajstić information content (AvgIpc) is 2.74. The molecule has 0 saturated carbocycles. The van der Waals surface area contributed by atoms with Crippen LogP contribution in [0.5, 0.6) is 0 Å². The van der Waals surface area contributed by atoms with E-state index in [-0.39, 0.29) is 24.5 Å². The highest BCUT2D eigenvalue weighted by molar-refractivity contribution is 5.91. The highest BCUT2D eigenvalue weighted by Gasteiger charge is 2.16. The van der Waals surface area contributed by atoms with Crippen molar-refractivity contribution in [1.82, 2.24) is 19.1 Å². The van der Waals surface area contributed by atoms with Crippen LogP contribution in [-0.2, 0) is 17.9 Å². The molecule has 4 rings (SSSR count). The van der Waals surface area contributed by atoms with E-state index in [1.807, 2.05) is 32.0 Å². The molecule has 1 amide bonds. The number of aromatic nitrogens is 4. The number of aryl methyl sites for hydroxylation is 2. The van der Waals surface area contributed by atoms with Gasteiger partial charge in [0.05, 0.1) is 12.1 Å². The summed E-state index contributed by atoms with van der Waals surface area (Å²) in [6.45, 7) is 3.71. The molecule has 0 fully saturated rings. The zero-order valence-corrected chi connectivity index (χ0v) is 17.2. The zero-order chi connectivity index (χ0) is 22.0. The molecule has 156 valence electrons. The van der Waals surface area contributed by atoms with Crippen LogP contribution in [-0.4, -0.2) is 25.0 Å². The van der Waals surface area contributed by atoms with Gasteiger partial charge >= 0.3 is 5.69 Å². The van der Waals surface area contributed by atoms with Crippen LogP contribution in [0, 0.1) is 13.8 Å². The number of benzene rings is 1. The first-order chi connectivity index (χ1) is 14.9. The molecule has 0 spiro atoms. The van der Waals surface area contributed by atoms with Crippen LogP contribution in [0.15, 0.2) is 70.6 Å². The van der Waals surface area contributed by atoms with E-state index in [9.17, 15) is 14.4 Å². The van der Waals surface area contributed by atoms with Crippen LogP contribution in [0.3, 0.4) is 0 Å². The second-order valence-corrected chi connectivity index (χ2v) is 7.41. The van der Waals surface area contributed by atoms with Gasteiger partial charge in [-0.1, -0.05) is 6.07 Å². The van der Waals surface area contributed by atoms with Crippen LogP contribution in [0.4, 0.5) is 5.69 Å². The summed E-state index contributed by atoms with van der Waals surface area (Å²) in [7, 11) is 0. The molecule has 0 radical (unpaired) electrons. The molecule has 8 heteroatoms. The van der Waals surface area contributed by atoms with Crippen molar-refractivity contribution in [1.29, 1.82) is 0 Å². The van der Waals surface area contributed by atoms with Gasteiger partial charge in [-0.05, 0) is 66.9 Å². The molecule has 1 aromatic carbocycles. The fourth-order valence-corrected chi connectivity index (χ4v) is 3.60.